The lowest BCUT2D eigenvalue weighted by molar-refractivity contribution is -0.188. The van der Waals surface area contributed by atoms with E-state index in [1.165, 1.54) is 0 Å². The van der Waals surface area contributed by atoms with Crippen LogP contribution < -0.4 is 4.74 Å². The molecule has 2 aliphatic heterocycles. The van der Waals surface area contributed by atoms with Crippen LogP contribution in [-0.4, -0.2) is 49.0 Å². The Bertz CT molecular complexity index is 579. The van der Waals surface area contributed by atoms with E-state index in [4.69, 9.17) is 37.4 Å². The highest BCUT2D eigenvalue weighted by molar-refractivity contribution is 6.42. The summed E-state index contributed by atoms with van der Waals surface area (Å²) in [6, 6.07) is 5.11. The molecule has 2 saturated heterocycles. The van der Waals surface area contributed by atoms with E-state index in [1.54, 1.807) is 30.0 Å². The number of piperidine rings is 1. The first-order valence-corrected chi connectivity index (χ1v) is 8.44. The van der Waals surface area contributed by atoms with Gasteiger partial charge < -0.3 is 19.1 Å². The highest BCUT2D eigenvalue weighted by Crippen LogP contribution is 2.33. The second kappa shape index (κ2) is 6.85. The van der Waals surface area contributed by atoms with E-state index in [0.717, 1.165) is 0 Å². The van der Waals surface area contributed by atoms with Crippen LogP contribution in [0.4, 0.5) is 0 Å². The maximum absolute atomic E-state index is 12.5. The first-order chi connectivity index (χ1) is 11.0. The van der Waals surface area contributed by atoms with Crippen molar-refractivity contribution in [1.82, 2.24) is 4.90 Å². The molecule has 1 atom stereocenters. The van der Waals surface area contributed by atoms with E-state index < -0.39 is 11.9 Å². The lowest BCUT2D eigenvalue weighted by atomic mass is 10.0. The minimum atomic E-state index is -0.634. The molecule has 2 fully saturated rings. The predicted molar refractivity (Wildman–Crippen MR) is 87.0 cm³/mol. The van der Waals surface area contributed by atoms with Gasteiger partial charge in [0.2, 0.25) is 0 Å². The summed E-state index contributed by atoms with van der Waals surface area (Å²) in [5.41, 5.74) is 0. The Hall–Kier alpha value is -1.01. The molecule has 0 aliphatic carbocycles. The normalized spacial score (nSPS) is 21.4. The predicted octanol–water partition coefficient (Wildman–Crippen LogP) is 3.13. The van der Waals surface area contributed by atoms with Crippen molar-refractivity contribution in [3.63, 3.8) is 0 Å². The first kappa shape index (κ1) is 16.8. The van der Waals surface area contributed by atoms with Gasteiger partial charge in [0, 0.05) is 25.9 Å². The molecule has 5 nitrogen and oxygen atoms in total. The van der Waals surface area contributed by atoms with Crippen molar-refractivity contribution in [2.24, 2.45) is 0 Å². The second-order valence-electron chi connectivity index (χ2n) is 5.74. The van der Waals surface area contributed by atoms with Crippen molar-refractivity contribution >= 4 is 29.1 Å². The Kier molecular flexibility index (Phi) is 5.01. The zero-order valence-electron chi connectivity index (χ0n) is 12.9. The third-order valence-corrected chi connectivity index (χ3v) is 5.02. The standard InChI is InChI=1S/C16H19Cl2NO4/c1-11(23-13-4-2-3-12(17)14(13)18)15(20)19-7-5-16(6-8-19)21-9-10-22-16/h2-4,11H,5-10H2,1H3/t11-/m1/s1. The summed E-state index contributed by atoms with van der Waals surface area (Å²) < 4.78 is 17.0. The molecule has 126 valence electrons. The highest BCUT2D eigenvalue weighted by atomic mass is 35.5. The summed E-state index contributed by atoms with van der Waals surface area (Å²) in [4.78, 5) is 14.3. The monoisotopic (exact) mass is 359 g/mol. The van der Waals surface area contributed by atoms with Gasteiger partial charge in [-0.05, 0) is 19.1 Å². The molecule has 0 radical (unpaired) electrons. The lowest BCUT2D eigenvalue weighted by Gasteiger charge is -2.38. The molecule has 0 aromatic heterocycles. The fourth-order valence-electron chi connectivity index (χ4n) is 2.93. The third kappa shape index (κ3) is 3.58. The molecule has 23 heavy (non-hydrogen) atoms. The number of hydrogen-bond acceptors (Lipinski definition) is 4. The van der Waals surface area contributed by atoms with E-state index in [9.17, 15) is 4.79 Å². The van der Waals surface area contributed by atoms with E-state index in [2.05, 4.69) is 0 Å². The van der Waals surface area contributed by atoms with Crippen molar-refractivity contribution in [2.45, 2.75) is 31.7 Å². The zero-order chi connectivity index (χ0) is 16.4. The van der Waals surface area contributed by atoms with Crippen LogP contribution in [0.25, 0.3) is 0 Å². The van der Waals surface area contributed by atoms with Gasteiger partial charge in [-0.25, -0.2) is 0 Å². The van der Waals surface area contributed by atoms with E-state index in [0.29, 0.717) is 54.9 Å². The summed E-state index contributed by atoms with van der Waals surface area (Å²) >= 11 is 12.1. The van der Waals surface area contributed by atoms with Crippen LogP contribution in [0.2, 0.25) is 10.0 Å². The molecule has 0 bridgehead atoms. The van der Waals surface area contributed by atoms with Crippen LogP contribution in [0.1, 0.15) is 19.8 Å². The molecule has 1 spiro atoms. The van der Waals surface area contributed by atoms with Crippen LogP contribution in [-0.2, 0) is 14.3 Å². The van der Waals surface area contributed by atoms with Gasteiger partial charge in [0.05, 0.1) is 18.2 Å². The third-order valence-electron chi connectivity index (χ3n) is 4.22. The summed E-state index contributed by atoms with van der Waals surface area (Å²) in [6.45, 7) is 4.15. The number of rotatable bonds is 3. The van der Waals surface area contributed by atoms with Crippen LogP contribution in [0.15, 0.2) is 18.2 Å². The summed E-state index contributed by atoms with van der Waals surface area (Å²) in [5.74, 6) is -0.151. The molecule has 0 unspecified atom stereocenters. The smallest absolute Gasteiger partial charge is 0.263 e. The largest absolute Gasteiger partial charge is 0.479 e. The Labute approximate surface area is 145 Å². The molecule has 1 amide bonds. The van der Waals surface area contributed by atoms with Gasteiger partial charge >= 0.3 is 0 Å². The number of hydrogen-bond donors (Lipinski definition) is 0. The first-order valence-electron chi connectivity index (χ1n) is 7.68. The van der Waals surface area contributed by atoms with Gasteiger partial charge in [0.25, 0.3) is 5.91 Å². The minimum absolute atomic E-state index is 0.0751. The van der Waals surface area contributed by atoms with Gasteiger partial charge in [0.1, 0.15) is 10.8 Å². The number of ether oxygens (including phenoxy) is 3. The highest BCUT2D eigenvalue weighted by Gasteiger charge is 2.41. The van der Waals surface area contributed by atoms with Crippen molar-refractivity contribution in [1.29, 1.82) is 0 Å². The van der Waals surface area contributed by atoms with Crippen LogP contribution in [0, 0.1) is 0 Å². The average Bonchev–Trinajstić information content (AvgIpc) is 3.00. The minimum Gasteiger partial charge on any atom is -0.479 e. The van der Waals surface area contributed by atoms with Crippen LogP contribution >= 0.6 is 23.2 Å². The number of benzene rings is 1. The summed E-state index contributed by atoms with van der Waals surface area (Å²) in [5, 5.41) is 0.721. The topological polar surface area (TPSA) is 48.0 Å². The van der Waals surface area contributed by atoms with Gasteiger partial charge in [-0.3, -0.25) is 4.79 Å². The summed E-state index contributed by atoms with van der Waals surface area (Å²) in [7, 11) is 0. The Morgan fingerprint density at radius 3 is 2.57 bits per heavy atom. The molecule has 3 rings (SSSR count). The fourth-order valence-corrected chi connectivity index (χ4v) is 3.26. The van der Waals surface area contributed by atoms with E-state index in [1.807, 2.05) is 0 Å². The molecule has 1 aromatic carbocycles. The number of nitrogens with zero attached hydrogens (tertiary/aromatic N) is 1. The molecule has 7 heteroatoms. The van der Waals surface area contributed by atoms with Crippen LogP contribution in [0.5, 0.6) is 5.75 Å². The maximum Gasteiger partial charge on any atom is 0.263 e. The number of carbonyl (C=O) groups excluding carboxylic acids is 1. The molecule has 1 aromatic rings. The van der Waals surface area contributed by atoms with E-state index >= 15 is 0 Å². The van der Waals surface area contributed by atoms with Crippen molar-refractivity contribution in [3.05, 3.63) is 28.2 Å². The lowest BCUT2D eigenvalue weighted by Crippen LogP contribution is -2.50. The number of likely N-dealkylation sites (tertiary alicyclic amines) is 1. The van der Waals surface area contributed by atoms with E-state index in [-0.39, 0.29) is 5.91 Å². The number of carbonyl (C=O) groups is 1. The zero-order valence-corrected chi connectivity index (χ0v) is 14.4. The van der Waals surface area contributed by atoms with Crippen molar-refractivity contribution in [2.75, 3.05) is 26.3 Å². The van der Waals surface area contributed by atoms with Gasteiger partial charge in [0.15, 0.2) is 11.9 Å². The molecular weight excluding hydrogens is 341 g/mol. The number of amides is 1. The van der Waals surface area contributed by atoms with Crippen molar-refractivity contribution < 1.29 is 19.0 Å². The molecular formula is C16H19Cl2NO4. The van der Waals surface area contributed by atoms with Gasteiger partial charge in [-0.15, -0.1) is 0 Å². The maximum atomic E-state index is 12.5. The molecule has 2 aliphatic rings. The van der Waals surface area contributed by atoms with Crippen LogP contribution in [0.3, 0.4) is 0 Å². The number of halogens is 2. The molecule has 0 N–H and O–H groups in total. The fraction of sp³-hybridized carbons (Fsp3) is 0.562. The summed E-state index contributed by atoms with van der Waals surface area (Å²) in [6.07, 6.45) is 0.734. The quantitative estimate of drug-likeness (QED) is 0.831. The Morgan fingerprint density at radius 1 is 1.26 bits per heavy atom. The Balaban J connectivity index is 1.59. The molecule has 2 heterocycles. The van der Waals surface area contributed by atoms with Crippen molar-refractivity contribution in [3.8, 4) is 5.75 Å². The van der Waals surface area contributed by atoms with Gasteiger partial charge in [-0.2, -0.15) is 0 Å². The Morgan fingerprint density at radius 2 is 1.91 bits per heavy atom. The average molecular weight is 360 g/mol. The SMILES string of the molecule is C[C@@H](Oc1cccc(Cl)c1Cl)C(=O)N1CCC2(CC1)OCCO2. The van der Waals surface area contributed by atoms with Gasteiger partial charge in [-0.1, -0.05) is 29.3 Å². The molecule has 0 saturated carbocycles. The second-order valence-corrected chi connectivity index (χ2v) is 6.53.